The highest BCUT2D eigenvalue weighted by Gasteiger charge is 2.12. The van der Waals surface area contributed by atoms with Gasteiger partial charge in [0.15, 0.2) is 0 Å². The fourth-order valence-corrected chi connectivity index (χ4v) is 2.36. The van der Waals surface area contributed by atoms with Gasteiger partial charge in [-0.2, -0.15) is 5.10 Å². The van der Waals surface area contributed by atoms with Crippen LogP contribution in [0.3, 0.4) is 0 Å². The number of hydrogen-bond donors (Lipinski definition) is 1. The minimum Gasteiger partial charge on any atom is -0.322 e. The summed E-state index contributed by atoms with van der Waals surface area (Å²) < 4.78 is 3.96. The van der Waals surface area contributed by atoms with Crippen molar-refractivity contribution in [3.05, 3.63) is 71.8 Å². The van der Waals surface area contributed by atoms with Gasteiger partial charge in [-0.3, -0.25) is 4.68 Å². The average molecular weight is 266 g/mol. The first-order valence-electron chi connectivity index (χ1n) is 6.73. The SMILES string of the molecule is Cc1nn(-c2ccccc2)c(C)c1CNn1cccc1. The Morgan fingerprint density at radius 1 is 1.00 bits per heavy atom. The van der Waals surface area contributed by atoms with E-state index < -0.39 is 0 Å². The molecule has 0 fully saturated rings. The van der Waals surface area contributed by atoms with Gasteiger partial charge in [-0.05, 0) is 38.1 Å². The van der Waals surface area contributed by atoms with Crippen LogP contribution in [0.4, 0.5) is 0 Å². The minimum absolute atomic E-state index is 0.763. The maximum absolute atomic E-state index is 4.65. The van der Waals surface area contributed by atoms with Crippen molar-refractivity contribution in [1.82, 2.24) is 14.5 Å². The Kier molecular flexibility index (Phi) is 3.29. The molecule has 3 aromatic rings. The number of hydrogen-bond acceptors (Lipinski definition) is 2. The third-order valence-corrected chi connectivity index (χ3v) is 3.48. The summed E-state index contributed by atoms with van der Waals surface area (Å²) in [6, 6.07) is 14.2. The molecule has 20 heavy (non-hydrogen) atoms. The highest BCUT2D eigenvalue weighted by molar-refractivity contribution is 5.37. The summed E-state index contributed by atoms with van der Waals surface area (Å²) in [5, 5.41) is 4.65. The highest BCUT2D eigenvalue weighted by Crippen LogP contribution is 2.17. The van der Waals surface area contributed by atoms with Gasteiger partial charge >= 0.3 is 0 Å². The number of para-hydroxylation sites is 1. The molecule has 1 N–H and O–H groups in total. The van der Waals surface area contributed by atoms with Gasteiger partial charge in [-0.15, -0.1) is 0 Å². The summed E-state index contributed by atoms with van der Waals surface area (Å²) in [5.74, 6) is 0. The van der Waals surface area contributed by atoms with E-state index in [-0.39, 0.29) is 0 Å². The summed E-state index contributed by atoms with van der Waals surface area (Å²) in [5.41, 5.74) is 7.92. The standard InChI is InChI=1S/C16H18N4/c1-13-16(12-17-19-10-6-7-11-19)14(2)20(18-13)15-8-4-3-5-9-15/h3-11,17H,12H2,1-2H3. The Hall–Kier alpha value is -2.49. The van der Waals surface area contributed by atoms with Crippen molar-refractivity contribution in [2.24, 2.45) is 0 Å². The van der Waals surface area contributed by atoms with Crippen LogP contribution < -0.4 is 5.43 Å². The van der Waals surface area contributed by atoms with Crippen molar-refractivity contribution in [2.45, 2.75) is 20.4 Å². The van der Waals surface area contributed by atoms with Gasteiger partial charge in [0.2, 0.25) is 0 Å². The van der Waals surface area contributed by atoms with E-state index in [0.717, 1.165) is 17.9 Å². The number of nitrogens with zero attached hydrogens (tertiary/aromatic N) is 3. The number of benzene rings is 1. The molecule has 2 aromatic heterocycles. The van der Waals surface area contributed by atoms with Gasteiger partial charge in [-0.25, -0.2) is 4.68 Å². The Balaban J connectivity index is 1.87. The van der Waals surface area contributed by atoms with Crippen LogP contribution in [0.2, 0.25) is 0 Å². The lowest BCUT2D eigenvalue weighted by Crippen LogP contribution is -2.13. The molecule has 0 unspecified atom stereocenters. The number of rotatable bonds is 4. The maximum atomic E-state index is 4.65. The summed E-state index contributed by atoms with van der Waals surface area (Å²) in [6.07, 6.45) is 3.98. The third-order valence-electron chi connectivity index (χ3n) is 3.48. The second-order valence-corrected chi connectivity index (χ2v) is 4.82. The smallest absolute Gasteiger partial charge is 0.0651 e. The van der Waals surface area contributed by atoms with E-state index in [4.69, 9.17) is 0 Å². The number of aryl methyl sites for hydroxylation is 1. The zero-order valence-electron chi connectivity index (χ0n) is 11.7. The zero-order chi connectivity index (χ0) is 13.9. The molecule has 0 amide bonds. The number of aromatic nitrogens is 3. The van der Waals surface area contributed by atoms with Gasteiger partial charge in [0.25, 0.3) is 0 Å². The molecule has 0 saturated carbocycles. The van der Waals surface area contributed by atoms with Gasteiger partial charge in [0, 0.05) is 23.7 Å². The van der Waals surface area contributed by atoms with Crippen molar-refractivity contribution in [2.75, 3.05) is 5.43 Å². The molecule has 0 bridgehead atoms. The van der Waals surface area contributed by atoms with Crippen LogP contribution in [0, 0.1) is 13.8 Å². The fraction of sp³-hybridized carbons (Fsp3) is 0.188. The summed E-state index contributed by atoms with van der Waals surface area (Å²) >= 11 is 0. The molecule has 0 aliphatic carbocycles. The Morgan fingerprint density at radius 2 is 1.70 bits per heavy atom. The number of nitrogens with one attached hydrogen (secondary N) is 1. The molecule has 102 valence electrons. The highest BCUT2D eigenvalue weighted by atomic mass is 15.4. The van der Waals surface area contributed by atoms with Crippen LogP contribution >= 0.6 is 0 Å². The predicted molar refractivity (Wildman–Crippen MR) is 80.5 cm³/mol. The van der Waals surface area contributed by atoms with Crippen LogP contribution in [-0.4, -0.2) is 14.5 Å². The summed E-state index contributed by atoms with van der Waals surface area (Å²) in [6.45, 7) is 4.93. The van der Waals surface area contributed by atoms with Crippen LogP contribution in [0.25, 0.3) is 5.69 Å². The second kappa shape index (κ2) is 5.25. The maximum Gasteiger partial charge on any atom is 0.0651 e. The molecular weight excluding hydrogens is 248 g/mol. The summed E-state index contributed by atoms with van der Waals surface area (Å²) in [4.78, 5) is 0. The van der Waals surface area contributed by atoms with Crippen LogP contribution in [0.5, 0.6) is 0 Å². The van der Waals surface area contributed by atoms with Gasteiger partial charge in [0.1, 0.15) is 0 Å². The molecule has 3 rings (SSSR count). The van der Waals surface area contributed by atoms with E-state index in [1.807, 2.05) is 52.1 Å². The molecular formula is C16H18N4. The molecule has 0 radical (unpaired) electrons. The Bertz CT molecular complexity index is 681. The molecule has 0 spiro atoms. The van der Waals surface area contributed by atoms with Gasteiger partial charge in [-0.1, -0.05) is 18.2 Å². The quantitative estimate of drug-likeness (QED) is 0.787. The lowest BCUT2D eigenvalue weighted by Gasteiger charge is -2.08. The van der Waals surface area contributed by atoms with E-state index in [0.29, 0.717) is 0 Å². The normalized spacial score (nSPS) is 10.7. The monoisotopic (exact) mass is 266 g/mol. The predicted octanol–water partition coefficient (Wildman–Crippen LogP) is 3.03. The van der Waals surface area contributed by atoms with Crippen LogP contribution in [-0.2, 0) is 6.54 Å². The minimum atomic E-state index is 0.763. The van der Waals surface area contributed by atoms with Crippen molar-refractivity contribution in [3.8, 4) is 5.69 Å². The molecule has 0 atom stereocenters. The van der Waals surface area contributed by atoms with E-state index in [1.54, 1.807) is 0 Å². The van der Waals surface area contributed by atoms with Crippen molar-refractivity contribution in [1.29, 1.82) is 0 Å². The molecule has 4 heteroatoms. The van der Waals surface area contributed by atoms with E-state index in [2.05, 4.69) is 36.5 Å². The molecule has 4 nitrogen and oxygen atoms in total. The van der Waals surface area contributed by atoms with Crippen molar-refractivity contribution in [3.63, 3.8) is 0 Å². The lowest BCUT2D eigenvalue weighted by atomic mass is 10.2. The molecule has 0 aliphatic heterocycles. The third kappa shape index (κ3) is 2.32. The van der Waals surface area contributed by atoms with Crippen LogP contribution in [0.1, 0.15) is 17.0 Å². The van der Waals surface area contributed by atoms with Gasteiger partial charge < -0.3 is 5.43 Å². The molecule has 1 aromatic carbocycles. The van der Waals surface area contributed by atoms with E-state index >= 15 is 0 Å². The average Bonchev–Trinajstić information content (AvgIpc) is 3.07. The van der Waals surface area contributed by atoms with Crippen LogP contribution in [0.15, 0.2) is 54.9 Å². The molecule has 2 heterocycles. The van der Waals surface area contributed by atoms with Crippen molar-refractivity contribution < 1.29 is 0 Å². The fourth-order valence-electron chi connectivity index (χ4n) is 2.36. The molecule has 0 aliphatic rings. The van der Waals surface area contributed by atoms with E-state index in [9.17, 15) is 0 Å². The molecule has 0 saturated heterocycles. The first kappa shape index (κ1) is 12.5. The second-order valence-electron chi connectivity index (χ2n) is 4.82. The van der Waals surface area contributed by atoms with Crippen molar-refractivity contribution >= 4 is 0 Å². The Labute approximate surface area is 118 Å². The lowest BCUT2D eigenvalue weighted by molar-refractivity contribution is 0.825. The summed E-state index contributed by atoms with van der Waals surface area (Å²) in [7, 11) is 0. The largest absolute Gasteiger partial charge is 0.322 e. The Morgan fingerprint density at radius 3 is 2.40 bits per heavy atom. The first-order valence-corrected chi connectivity index (χ1v) is 6.73. The van der Waals surface area contributed by atoms with E-state index in [1.165, 1.54) is 11.3 Å². The topological polar surface area (TPSA) is 34.8 Å². The first-order chi connectivity index (χ1) is 9.75. The van der Waals surface area contributed by atoms with Gasteiger partial charge in [0.05, 0.1) is 17.9 Å². The zero-order valence-corrected chi connectivity index (χ0v) is 11.7.